The van der Waals surface area contributed by atoms with Crippen molar-refractivity contribution in [3.8, 4) is 11.1 Å². The van der Waals surface area contributed by atoms with Crippen LogP contribution in [-0.4, -0.2) is 9.85 Å². The summed E-state index contributed by atoms with van der Waals surface area (Å²) < 4.78 is 0.0869. The molecule has 0 atom stereocenters. The summed E-state index contributed by atoms with van der Waals surface area (Å²) in [5.74, 6) is 0. The molecule has 0 aliphatic rings. The van der Waals surface area contributed by atoms with Gasteiger partial charge in [-0.2, -0.15) is 0 Å². The van der Waals surface area contributed by atoms with E-state index in [9.17, 15) is 20.2 Å². The number of halogens is 1. The van der Waals surface area contributed by atoms with Crippen molar-refractivity contribution in [3.05, 3.63) is 67.2 Å². The lowest BCUT2D eigenvalue weighted by molar-refractivity contribution is -0.422. The van der Waals surface area contributed by atoms with Crippen LogP contribution in [0.15, 0.2) is 46.9 Å². The molecule has 0 fully saturated rings. The molecule has 2 aromatic carbocycles. The molecule has 0 amide bonds. The molecular weight excluding hydrogens is 316 g/mol. The Morgan fingerprint density at radius 2 is 1.42 bits per heavy atom. The van der Waals surface area contributed by atoms with E-state index in [-0.39, 0.29) is 10.0 Å². The van der Waals surface area contributed by atoms with Gasteiger partial charge in [0.15, 0.2) is 0 Å². The summed E-state index contributed by atoms with van der Waals surface area (Å²) in [4.78, 5) is 20.7. The molecule has 0 heterocycles. The van der Waals surface area contributed by atoms with Crippen LogP contribution in [0.2, 0.25) is 0 Å². The summed E-state index contributed by atoms with van der Waals surface area (Å²) in [6, 6.07) is 11.5. The SMILES string of the molecule is O=[N+]([O-])c1c(Br)ccc(-c2ccccc2)c1[N+](=O)[O-]. The highest BCUT2D eigenvalue weighted by Crippen LogP contribution is 2.41. The van der Waals surface area contributed by atoms with Gasteiger partial charge in [-0.3, -0.25) is 20.2 Å². The third-order valence-electron chi connectivity index (χ3n) is 2.55. The molecule has 0 aromatic heterocycles. The highest BCUT2D eigenvalue weighted by atomic mass is 79.9. The van der Waals surface area contributed by atoms with Crippen LogP contribution < -0.4 is 0 Å². The third-order valence-corrected chi connectivity index (χ3v) is 3.19. The van der Waals surface area contributed by atoms with Crippen LogP contribution in [0.5, 0.6) is 0 Å². The molecular formula is C12H7BrN2O4. The van der Waals surface area contributed by atoms with Crippen LogP contribution in [0.25, 0.3) is 11.1 Å². The molecule has 19 heavy (non-hydrogen) atoms. The van der Waals surface area contributed by atoms with E-state index in [1.807, 2.05) is 0 Å². The van der Waals surface area contributed by atoms with Crippen molar-refractivity contribution in [1.82, 2.24) is 0 Å². The minimum atomic E-state index is -0.755. The molecule has 0 saturated carbocycles. The zero-order valence-corrected chi connectivity index (χ0v) is 11.0. The fraction of sp³-hybridized carbons (Fsp3) is 0. The van der Waals surface area contributed by atoms with Crippen LogP contribution >= 0.6 is 15.9 Å². The number of benzene rings is 2. The maximum absolute atomic E-state index is 11.2. The fourth-order valence-corrected chi connectivity index (χ4v) is 2.23. The van der Waals surface area contributed by atoms with Crippen LogP contribution in [-0.2, 0) is 0 Å². The van der Waals surface area contributed by atoms with Crippen molar-refractivity contribution in [2.75, 3.05) is 0 Å². The molecule has 0 saturated heterocycles. The van der Waals surface area contributed by atoms with Gasteiger partial charge in [0.2, 0.25) is 0 Å². The Morgan fingerprint density at radius 1 is 0.842 bits per heavy atom. The molecule has 6 nitrogen and oxygen atoms in total. The molecule has 0 radical (unpaired) electrons. The Bertz CT molecular complexity index is 658. The predicted octanol–water partition coefficient (Wildman–Crippen LogP) is 3.93. The molecule has 7 heteroatoms. The average Bonchev–Trinajstić information content (AvgIpc) is 2.38. The minimum Gasteiger partial charge on any atom is -0.258 e. The van der Waals surface area contributed by atoms with Gasteiger partial charge in [-0.05, 0) is 33.6 Å². The molecule has 2 rings (SSSR count). The second kappa shape index (κ2) is 5.15. The van der Waals surface area contributed by atoms with Crippen LogP contribution in [0.4, 0.5) is 11.4 Å². The van der Waals surface area contributed by atoms with Gasteiger partial charge < -0.3 is 0 Å². The molecule has 0 unspecified atom stereocenters. The van der Waals surface area contributed by atoms with Crippen LogP contribution in [0.1, 0.15) is 0 Å². The lowest BCUT2D eigenvalue weighted by Crippen LogP contribution is -1.99. The fourth-order valence-electron chi connectivity index (χ4n) is 1.76. The van der Waals surface area contributed by atoms with E-state index in [1.54, 1.807) is 30.3 Å². The zero-order valence-electron chi connectivity index (χ0n) is 9.45. The van der Waals surface area contributed by atoms with Crippen LogP contribution in [0, 0.1) is 20.2 Å². The van der Waals surface area contributed by atoms with Crippen molar-refractivity contribution < 1.29 is 9.85 Å². The summed E-state index contributed by atoms with van der Waals surface area (Å²) in [7, 11) is 0. The Kier molecular flexibility index (Phi) is 3.57. The lowest BCUT2D eigenvalue weighted by Gasteiger charge is -2.04. The summed E-state index contributed by atoms with van der Waals surface area (Å²) in [6.45, 7) is 0. The van der Waals surface area contributed by atoms with Gasteiger partial charge in [0.25, 0.3) is 0 Å². The summed E-state index contributed by atoms with van der Waals surface area (Å²) in [6.07, 6.45) is 0. The van der Waals surface area contributed by atoms with Crippen molar-refractivity contribution in [1.29, 1.82) is 0 Å². The topological polar surface area (TPSA) is 86.3 Å². The molecule has 0 N–H and O–H groups in total. The maximum atomic E-state index is 11.2. The first kappa shape index (κ1) is 13.2. The second-order valence-electron chi connectivity index (χ2n) is 3.67. The van der Waals surface area contributed by atoms with Crippen molar-refractivity contribution in [2.24, 2.45) is 0 Å². The molecule has 2 aromatic rings. The van der Waals surface area contributed by atoms with Gasteiger partial charge in [0.1, 0.15) is 4.47 Å². The van der Waals surface area contributed by atoms with Gasteiger partial charge in [-0.25, -0.2) is 0 Å². The molecule has 0 aliphatic carbocycles. The molecule has 0 spiro atoms. The number of nitro groups is 2. The molecule has 0 aliphatic heterocycles. The maximum Gasteiger partial charge on any atom is 0.360 e. The summed E-state index contributed by atoms with van der Waals surface area (Å²) >= 11 is 2.98. The first-order valence-electron chi connectivity index (χ1n) is 5.19. The quantitative estimate of drug-likeness (QED) is 0.632. The van der Waals surface area contributed by atoms with E-state index in [0.717, 1.165) is 0 Å². The van der Waals surface area contributed by atoms with E-state index >= 15 is 0 Å². The number of hydrogen-bond acceptors (Lipinski definition) is 4. The van der Waals surface area contributed by atoms with Crippen LogP contribution in [0.3, 0.4) is 0 Å². The predicted molar refractivity (Wildman–Crippen MR) is 72.9 cm³/mol. The first-order valence-corrected chi connectivity index (χ1v) is 5.98. The monoisotopic (exact) mass is 322 g/mol. The number of rotatable bonds is 3. The van der Waals surface area contributed by atoms with Gasteiger partial charge in [0.05, 0.1) is 15.4 Å². The highest BCUT2D eigenvalue weighted by molar-refractivity contribution is 9.10. The Hall–Kier alpha value is -2.28. The second-order valence-corrected chi connectivity index (χ2v) is 4.53. The van der Waals surface area contributed by atoms with E-state index in [0.29, 0.717) is 5.56 Å². The summed E-state index contributed by atoms with van der Waals surface area (Å²) in [5, 5.41) is 22.2. The largest absolute Gasteiger partial charge is 0.360 e. The van der Waals surface area contributed by atoms with Gasteiger partial charge in [-0.1, -0.05) is 30.3 Å². The van der Waals surface area contributed by atoms with E-state index < -0.39 is 21.2 Å². The van der Waals surface area contributed by atoms with E-state index in [1.165, 1.54) is 12.1 Å². The third kappa shape index (κ3) is 2.45. The zero-order chi connectivity index (χ0) is 14.0. The Labute approximate surface area is 116 Å². The Balaban J connectivity index is 2.80. The van der Waals surface area contributed by atoms with E-state index in [4.69, 9.17) is 0 Å². The standard InChI is InChI=1S/C12H7BrN2O4/c13-10-7-6-9(8-4-2-1-3-5-8)11(14(16)17)12(10)15(18)19/h1-7H. The minimum absolute atomic E-state index is 0.0869. The highest BCUT2D eigenvalue weighted by Gasteiger charge is 2.32. The van der Waals surface area contributed by atoms with Gasteiger partial charge in [0, 0.05) is 0 Å². The number of nitro benzene ring substituents is 2. The van der Waals surface area contributed by atoms with Crippen molar-refractivity contribution in [3.63, 3.8) is 0 Å². The van der Waals surface area contributed by atoms with E-state index in [2.05, 4.69) is 15.9 Å². The number of hydrogen-bond donors (Lipinski definition) is 0. The van der Waals surface area contributed by atoms with Crippen molar-refractivity contribution in [2.45, 2.75) is 0 Å². The summed E-state index contributed by atoms with van der Waals surface area (Å²) in [5.41, 5.74) is -0.262. The number of nitrogens with zero attached hydrogens (tertiary/aromatic N) is 2. The normalized spacial score (nSPS) is 10.2. The molecule has 0 bridgehead atoms. The first-order chi connectivity index (χ1) is 9.02. The van der Waals surface area contributed by atoms with Gasteiger partial charge >= 0.3 is 11.4 Å². The average molecular weight is 323 g/mol. The van der Waals surface area contributed by atoms with Crippen molar-refractivity contribution >= 4 is 27.3 Å². The molecule has 96 valence electrons. The Morgan fingerprint density at radius 3 is 1.95 bits per heavy atom. The van der Waals surface area contributed by atoms with Gasteiger partial charge in [-0.15, -0.1) is 0 Å². The lowest BCUT2D eigenvalue weighted by atomic mass is 10.0. The smallest absolute Gasteiger partial charge is 0.258 e.